The number of hydrogen-bond donors (Lipinski definition) is 3. The maximum absolute atomic E-state index is 13.3. The number of methoxy groups -OCH3 is 1. The molecule has 1 saturated carbocycles. The minimum absolute atomic E-state index is 0.0233. The first kappa shape index (κ1) is 30.0. The Morgan fingerprint density at radius 3 is 2.41 bits per heavy atom. The lowest BCUT2D eigenvalue weighted by molar-refractivity contribution is -0.131. The van der Waals surface area contributed by atoms with Crippen molar-refractivity contribution >= 4 is 17.9 Å². The van der Waals surface area contributed by atoms with Crippen molar-refractivity contribution in [3.8, 4) is 0 Å². The van der Waals surface area contributed by atoms with Crippen LogP contribution in [0.15, 0.2) is 48.5 Å². The molecule has 0 aliphatic heterocycles. The van der Waals surface area contributed by atoms with E-state index in [1.165, 1.54) is 24.3 Å². The molecule has 39 heavy (non-hydrogen) atoms. The van der Waals surface area contributed by atoms with Gasteiger partial charge in [-0.25, -0.2) is 9.18 Å². The highest BCUT2D eigenvalue weighted by atomic mass is 19.1. The maximum Gasteiger partial charge on any atom is 0.407 e. The van der Waals surface area contributed by atoms with Gasteiger partial charge in [0, 0.05) is 26.2 Å². The first-order chi connectivity index (χ1) is 18.9. The van der Waals surface area contributed by atoms with E-state index in [1.54, 1.807) is 7.11 Å². The summed E-state index contributed by atoms with van der Waals surface area (Å²) in [7, 11) is 1.61. The van der Waals surface area contributed by atoms with Gasteiger partial charge in [-0.2, -0.15) is 0 Å². The summed E-state index contributed by atoms with van der Waals surface area (Å²) in [6, 6.07) is 12.0. The molecule has 0 heterocycles. The van der Waals surface area contributed by atoms with Crippen LogP contribution < -0.4 is 16.4 Å². The van der Waals surface area contributed by atoms with E-state index in [9.17, 15) is 18.8 Å². The quantitative estimate of drug-likeness (QED) is 0.312. The summed E-state index contributed by atoms with van der Waals surface area (Å²) in [5.41, 5.74) is 7.83. The fourth-order valence-electron chi connectivity index (χ4n) is 4.74. The van der Waals surface area contributed by atoms with Crippen LogP contribution in [0.2, 0.25) is 0 Å². The summed E-state index contributed by atoms with van der Waals surface area (Å²) in [5.74, 6) is -1.74. The standard InChI is InChI=1S/C29H38FN3O6/c1-37-17-18-38-16-4-15-32-29(36)39-19-20-7-9-21(10-8-20)24-5-2-3-6-25(24)28(35)33-26(27(31)34)22-11-13-23(30)14-12-22/h7-14,24-26H,2-6,15-19H2,1H3,(H2,31,34)(H,32,36)(H,33,35)/t24-,25+,26-/m0/s1. The summed E-state index contributed by atoms with van der Waals surface area (Å²) < 4.78 is 28.9. The van der Waals surface area contributed by atoms with Crippen molar-refractivity contribution < 1.29 is 33.0 Å². The number of ether oxygens (including phenoxy) is 3. The van der Waals surface area contributed by atoms with Crippen LogP contribution in [-0.4, -0.2) is 51.4 Å². The highest BCUT2D eigenvalue weighted by molar-refractivity contribution is 5.89. The molecule has 4 N–H and O–H groups in total. The predicted molar refractivity (Wildman–Crippen MR) is 143 cm³/mol. The second-order valence-electron chi connectivity index (χ2n) is 9.60. The van der Waals surface area contributed by atoms with Gasteiger partial charge in [0.25, 0.3) is 0 Å². The first-order valence-corrected chi connectivity index (χ1v) is 13.3. The molecule has 212 valence electrons. The van der Waals surface area contributed by atoms with Crippen LogP contribution in [0, 0.1) is 11.7 Å². The zero-order chi connectivity index (χ0) is 28.0. The molecular weight excluding hydrogens is 505 g/mol. The highest BCUT2D eigenvalue weighted by Gasteiger charge is 2.34. The Kier molecular flexibility index (Phi) is 12.2. The van der Waals surface area contributed by atoms with Crippen LogP contribution in [0.25, 0.3) is 0 Å². The Bertz CT molecular complexity index is 1060. The Balaban J connectivity index is 1.52. The van der Waals surface area contributed by atoms with Crippen LogP contribution in [0.4, 0.5) is 9.18 Å². The van der Waals surface area contributed by atoms with Crippen LogP contribution in [0.3, 0.4) is 0 Å². The molecule has 0 aromatic heterocycles. The topological polar surface area (TPSA) is 129 Å². The van der Waals surface area contributed by atoms with E-state index in [1.807, 2.05) is 24.3 Å². The number of nitrogens with one attached hydrogen (secondary N) is 2. The van der Waals surface area contributed by atoms with E-state index < -0.39 is 23.9 Å². The van der Waals surface area contributed by atoms with Crippen molar-refractivity contribution in [3.05, 3.63) is 71.0 Å². The predicted octanol–water partition coefficient (Wildman–Crippen LogP) is 3.72. The summed E-state index contributed by atoms with van der Waals surface area (Å²) >= 11 is 0. The molecule has 1 aliphatic rings. The van der Waals surface area contributed by atoms with Gasteiger partial charge in [-0.15, -0.1) is 0 Å². The zero-order valence-electron chi connectivity index (χ0n) is 22.3. The average molecular weight is 544 g/mol. The molecule has 2 aromatic rings. The van der Waals surface area contributed by atoms with Crippen LogP contribution in [-0.2, 0) is 30.4 Å². The van der Waals surface area contributed by atoms with Crippen LogP contribution in [0.5, 0.6) is 0 Å². The van der Waals surface area contributed by atoms with Crippen molar-refractivity contribution in [2.75, 3.05) is 33.5 Å². The molecule has 1 fully saturated rings. The van der Waals surface area contributed by atoms with E-state index in [-0.39, 0.29) is 24.3 Å². The third-order valence-corrected chi connectivity index (χ3v) is 6.82. The van der Waals surface area contributed by atoms with Crippen molar-refractivity contribution in [1.82, 2.24) is 10.6 Å². The Morgan fingerprint density at radius 1 is 1.00 bits per heavy atom. The monoisotopic (exact) mass is 543 g/mol. The number of hydrogen-bond acceptors (Lipinski definition) is 6. The molecule has 1 aliphatic carbocycles. The molecule has 3 rings (SSSR count). The number of alkyl carbamates (subject to hydrolysis) is 1. The molecular formula is C29H38FN3O6. The highest BCUT2D eigenvalue weighted by Crippen LogP contribution is 2.38. The molecule has 0 unspecified atom stereocenters. The molecule has 0 spiro atoms. The zero-order valence-corrected chi connectivity index (χ0v) is 22.3. The first-order valence-electron chi connectivity index (χ1n) is 13.3. The fourth-order valence-corrected chi connectivity index (χ4v) is 4.74. The van der Waals surface area contributed by atoms with Gasteiger partial charge < -0.3 is 30.6 Å². The van der Waals surface area contributed by atoms with Gasteiger partial charge >= 0.3 is 6.09 Å². The van der Waals surface area contributed by atoms with Crippen molar-refractivity contribution in [2.24, 2.45) is 11.7 Å². The van der Waals surface area contributed by atoms with Crippen molar-refractivity contribution in [3.63, 3.8) is 0 Å². The van der Waals surface area contributed by atoms with Gasteiger partial charge in [-0.3, -0.25) is 9.59 Å². The molecule has 3 amide bonds. The van der Waals surface area contributed by atoms with E-state index in [0.717, 1.165) is 30.4 Å². The molecule has 0 radical (unpaired) electrons. The lowest BCUT2D eigenvalue weighted by Crippen LogP contribution is -2.42. The van der Waals surface area contributed by atoms with E-state index >= 15 is 0 Å². The second-order valence-corrected chi connectivity index (χ2v) is 9.60. The summed E-state index contributed by atoms with van der Waals surface area (Å²) in [6.45, 7) is 2.17. The van der Waals surface area contributed by atoms with Gasteiger partial charge in [0.15, 0.2) is 0 Å². The molecule has 0 bridgehead atoms. The summed E-state index contributed by atoms with van der Waals surface area (Å²) in [4.78, 5) is 37.3. The third kappa shape index (κ3) is 9.63. The molecule has 0 saturated heterocycles. The fraction of sp³-hybridized carbons (Fsp3) is 0.483. The average Bonchev–Trinajstić information content (AvgIpc) is 2.95. The number of nitrogens with two attached hydrogens (primary N) is 1. The Hall–Kier alpha value is -3.50. The lowest BCUT2D eigenvalue weighted by atomic mass is 9.74. The third-order valence-electron chi connectivity index (χ3n) is 6.82. The lowest BCUT2D eigenvalue weighted by Gasteiger charge is -2.32. The number of rotatable bonds is 14. The van der Waals surface area contributed by atoms with Crippen LogP contribution >= 0.6 is 0 Å². The van der Waals surface area contributed by atoms with E-state index in [2.05, 4.69) is 10.6 Å². The van der Waals surface area contributed by atoms with Gasteiger partial charge in [0.05, 0.1) is 13.2 Å². The SMILES string of the molecule is COCCOCCCNC(=O)OCc1ccc([C@@H]2CCCC[C@H]2C(=O)N[C@H](C(N)=O)c2ccc(F)cc2)cc1. The van der Waals surface area contributed by atoms with E-state index in [4.69, 9.17) is 19.9 Å². The minimum atomic E-state index is -1.03. The largest absolute Gasteiger partial charge is 0.445 e. The summed E-state index contributed by atoms with van der Waals surface area (Å²) in [6.07, 6.45) is 3.61. The molecule has 10 heteroatoms. The normalized spacial score (nSPS) is 17.7. The van der Waals surface area contributed by atoms with Gasteiger partial charge in [0.1, 0.15) is 18.5 Å². The number of primary amides is 1. The smallest absolute Gasteiger partial charge is 0.407 e. The number of amides is 3. The number of benzene rings is 2. The number of carbonyl (C=O) groups excluding carboxylic acids is 3. The van der Waals surface area contributed by atoms with E-state index in [0.29, 0.717) is 44.8 Å². The minimum Gasteiger partial charge on any atom is -0.445 e. The van der Waals surface area contributed by atoms with Crippen molar-refractivity contribution in [1.29, 1.82) is 0 Å². The van der Waals surface area contributed by atoms with Crippen molar-refractivity contribution in [2.45, 2.75) is 50.7 Å². The van der Waals surface area contributed by atoms with Gasteiger partial charge in [-0.1, -0.05) is 49.2 Å². The second kappa shape index (κ2) is 15.8. The maximum atomic E-state index is 13.3. The number of halogens is 1. The molecule has 9 nitrogen and oxygen atoms in total. The van der Waals surface area contributed by atoms with Gasteiger partial charge in [-0.05, 0) is 54.0 Å². The Labute approximate surface area is 228 Å². The Morgan fingerprint density at radius 2 is 1.72 bits per heavy atom. The molecule has 3 atom stereocenters. The van der Waals surface area contributed by atoms with Gasteiger partial charge in [0.2, 0.25) is 11.8 Å². The molecule has 2 aromatic carbocycles. The van der Waals surface area contributed by atoms with Crippen LogP contribution in [0.1, 0.15) is 60.8 Å². The summed E-state index contributed by atoms with van der Waals surface area (Å²) in [5, 5.41) is 5.48. The number of carbonyl (C=O) groups is 3.